The van der Waals surface area contributed by atoms with Crippen molar-refractivity contribution in [1.29, 1.82) is 0 Å². The first kappa shape index (κ1) is 22.3. The molecule has 0 aliphatic carbocycles. The number of nitrogens with one attached hydrogen (secondary N) is 1. The van der Waals surface area contributed by atoms with Gasteiger partial charge in [0.1, 0.15) is 5.82 Å². The lowest BCUT2D eigenvalue weighted by atomic mass is 9.96. The number of sulfonamides is 1. The molecule has 0 saturated heterocycles. The summed E-state index contributed by atoms with van der Waals surface area (Å²) in [6, 6.07) is 16.6. The molecule has 0 amide bonds. The number of nitrogens with zero attached hydrogens (tertiary/aromatic N) is 1. The van der Waals surface area contributed by atoms with E-state index in [4.69, 9.17) is 4.74 Å². The molecule has 174 valence electrons. The fourth-order valence-corrected chi connectivity index (χ4v) is 6.50. The number of aryl methyl sites for hydroxylation is 1. The zero-order valence-corrected chi connectivity index (χ0v) is 19.5. The van der Waals surface area contributed by atoms with Gasteiger partial charge in [0.05, 0.1) is 30.5 Å². The van der Waals surface area contributed by atoms with Crippen LogP contribution in [0.5, 0.6) is 0 Å². The maximum absolute atomic E-state index is 14.5. The molecule has 34 heavy (non-hydrogen) atoms. The second-order valence-electron chi connectivity index (χ2n) is 8.41. The molecule has 2 atom stereocenters. The van der Waals surface area contributed by atoms with E-state index in [-0.39, 0.29) is 11.3 Å². The lowest BCUT2D eigenvalue weighted by Gasteiger charge is -2.29. The molecule has 0 bridgehead atoms. The first-order valence-electron chi connectivity index (χ1n) is 10.8. The lowest BCUT2D eigenvalue weighted by Crippen LogP contribution is -2.34. The van der Waals surface area contributed by atoms with E-state index in [1.54, 1.807) is 36.5 Å². The Morgan fingerprint density at radius 3 is 2.50 bits per heavy atom. The number of H-pyrrole nitrogens is 1. The number of esters is 1. The molecule has 3 aromatic carbocycles. The molecular weight excluding hydrogens is 455 g/mol. The summed E-state index contributed by atoms with van der Waals surface area (Å²) < 4.78 is 48.9. The van der Waals surface area contributed by atoms with Crippen molar-refractivity contribution < 1.29 is 22.3 Å². The number of rotatable bonds is 5. The maximum Gasteiger partial charge on any atom is 0.307 e. The Hall–Kier alpha value is -3.49. The molecule has 0 spiro atoms. The standard InChI is InChI=1S/C26H23FN2O4S/c1-16-7-10-18(11-8-16)34(31,32)29-24(14-25(30)33-2)20-12-9-17(27)13-21(20)26(29)22-15-28-23-6-4-3-5-19(22)23/h3-13,15,24,26,28H,14H2,1-2H3/t24-,26-/m0/s1. The Kier molecular flexibility index (Phi) is 5.50. The topological polar surface area (TPSA) is 79.5 Å². The molecule has 1 aliphatic rings. The van der Waals surface area contributed by atoms with Gasteiger partial charge in [-0.15, -0.1) is 0 Å². The molecule has 0 saturated carbocycles. The lowest BCUT2D eigenvalue weighted by molar-refractivity contribution is -0.141. The highest BCUT2D eigenvalue weighted by atomic mass is 32.2. The van der Waals surface area contributed by atoms with Gasteiger partial charge in [0.25, 0.3) is 0 Å². The molecular formula is C26H23FN2O4S. The van der Waals surface area contributed by atoms with Crippen LogP contribution in [0.15, 0.2) is 77.8 Å². The van der Waals surface area contributed by atoms with Gasteiger partial charge in [0, 0.05) is 22.7 Å². The van der Waals surface area contributed by atoms with Crippen molar-refractivity contribution in [2.24, 2.45) is 0 Å². The summed E-state index contributed by atoms with van der Waals surface area (Å²) in [7, 11) is -2.83. The number of hydrogen-bond donors (Lipinski definition) is 1. The SMILES string of the molecule is COC(=O)C[C@H]1c2ccc(F)cc2[C@@H](c2c[nH]c3ccccc23)N1S(=O)(=O)c1ccc(C)cc1. The summed E-state index contributed by atoms with van der Waals surface area (Å²) in [4.78, 5) is 15.7. The molecule has 0 radical (unpaired) electrons. The van der Waals surface area contributed by atoms with Gasteiger partial charge in [-0.3, -0.25) is 4.79 Å². The number of para-hydroxylation sites is 1. The van der Waals surface area contributed by atoms with Gasteiger partial charge in [-0.2, -0.15) is 4.31 Å². The van der Waals surface area contributed by atoms with E-state index >= 15 is 0 Å². The predicted molar refractivity (Wildman–Crippen MR) is 126 cm³/mol. The summed E-state index contributed by atoms with van der Waals surface area (Å²) in [6.07, 6.45) is 1.56. The molecule has 1 N–H and O–H groups in total. The average Bonchev–Trinajstić information content (AvgIpc) is 3.38. The van der Waals surface area contributed by atoms with E-state index in [1.165, 1.54) is 23.5 Å². The minimum Gasteiger partial charge on any atom is -0.469 e. The van der Waals surface area contributed by atoms with Crippen molar-refractivity contribution in [3.05, 3.63) is 101 Å². The molecule has 8 heteroatoms. The van der Waals surface area contributed by atoms with Gasteiger partial charge < -0.3 is 9.72 Å². The number of ether oxygens (including phenoxy) is 1. The van der Waals surface area contributed by atoms with E-state index in [2.05, 4.69) is 4.98 Å². The van der Waals surface area contributed by atoms with Crippen LogP contribution in [0, 0.1) is 12.7 Å². The minimum atomic E-state index is -4.09. The molecule has 4 aromatic rings. The van der Waals surface area contributed by atoms with Gasteiger partial charge in [-0.05, 0) is 48.4 Å². The van der Waals surface area contributed by atoms with Crippen molar-refractivity contribution in [3.63, 3.8) is 0 Å². The van der Waals surface area contributed by atoms with E-state index in [1.807, 2.05) is 31.2 Å². The Labute approximate surface area is 197 Å². The summed E-state index contributed by atoms with van der Waals surface area (Å²) in [6.45, 7) is 1.87. The first-order valence-corrected chi connectivity index (χ1v) is 12.3. The Morgan fingerprint density at radius 2 is 1.76 bits per heavy atom. The molecule has 1 aromatic heterocycles. The normalized spacial score (nSPS) is 18.2. The maximum atomic E-state index is 14.5. The number of aromatic amines is 1. The summed E-state index contributed by atoms with van der Waals surface area (Å²) in [5.74, 6) is -1.03. The fourth-order valence-electron chi connectivity index (χ4n) is 4.74. The van der Waals surface area contributed by atoms with Gasteiger partial charge in [-0.25, -0.2) is 12.8 Å². The van der Waals surface area contributed by atoms with E-state index in [0.717, 1.165) is 16.5 Å². The number of fused-ring (bicyclic) bond motifs is 2. The van der Waals surface area contributed by atoms with Crippen LogP contribution < -0.4 is 0 Å². The van der Waals surface area contributed by atoms with Gasteiger partial charge in [0.15, 0.2) is 0 Å². The third-order valence-corrected chi connectivity index (χ3v) is 8.25. The van der Waals surface area contributed by atoms with Crippen LogP contribution in [0.25, 0.3) is 10.9 Å². The molecule has 6 nitrogen and oxygen atoms in total. The number of halogens is 1. The van der Waals surface area contributed by atoms with E-state index in [9.17, 15) is 17.6 Å². The zero-order valence-electron chi connectivity index (χ0n) is 18.7. The molecule has 1 aliphatic heterocycles. The Balaban J connectivity index is 1.78. The summed E-state index contributed by atoms with van der Waals surface area (Å²) in [5, 5.41) is 0.825. The van der Waals surface area contributed by atoms with Crippen molar-refractivity contribution in [3.8, 4) is 0 Å². The third-order valence-electron chi connectivity index (χ3n) is 6.36. The fraction of sp³-hybridized carbons (Fsp3) is 0.192. The molecule has 0 fully saturated rings. The molecule has 0 unspecified atom stereocenters. The van der Waals surface area contributed by atoms with Crippen LogP contribution in [0.1, 0.15) is 40.8 Å². The first-order chi connectivity index (χ1) is 16.3. The highest BCUT2D eigenvalue weighted by molar-refractivity contribution is 7.89. The Morgan fingerprint density at radius 1 is 1.03 bits per heavy atom. The second-order valence-corrected chi connectivity index (χ2v) is 10.3. The number of methoxy groups -OCH3 is 1. The van der Waals surface area contributed by atoms with Gasteiger partial charge >= 0.3 is 5.97 Å². The van der Waals surface area contributed by atoms with Crippen LogP contribution >= 0.6 is 0 Å². The number of carbonyl (C=O) groups is 1. The smallest absolute Gasteiger partial charge is 0.307 e. The van der Waals surface area contributed by atoms with Gasteiger partial charge in [0.2, 0.25) is 10.0 Å². The van der Waals surface area contributed by atoms with Crippen molar-refractivity contribution in [2.75, 3.05) is 7.11 Å². The van der Waals surface area contributed by atoms with E-state index < -0.39 is 33.9 Å². The van der Waals surface area contributed by atoms with Crippen LogP contribution in [0.3, 0.4) is 0 Å². The third kappa shape index (κ3) is 3.59. The number of hydrogen-bond acceptors (Lipinski definition) is 4. The Bertz CT molecular complexity index is 1500. The molecule has 2 heterocycles. The highest BCUT2D eigenvalue weighted by Crippen LogP contribution is 2.51. The highest BCUT2D eigenvalue weighted by Gasteiger charge is 2.48. The van der Waals surface area contributed by atoms with Crippen LogP contribution in [-0.2, 0) is 19.6 Å². The van der Waals surface area contributed by atoms with Crippen molar-refractivity contribution >= 4 is 26.9 Å². The van der Waals surface area contributed by atoms with E-state index in [0.29, 0.717) is 16.7 Å². The summed E-state index contributed by atoms with van der Waals surface area (Å²) >= 11 is 0. The number of carbonyl (C=O) groups excluding carboxylic acids is 1. The predicted octanol–water partition coefficient (Wildman–Crippen LogP) is 5.01. The largest absolute Gasteiger partial charge is 0.469 e. The van der Waals surface area contributed by atoms with Gasteiger partial charge in [-0.1, -0.05) is 42.0 Å². The number of aromatic nitrogens is 1. The molecule has 5 rings (SSSR count). The van der Waals surface area contributed by atoms with Crippen molar-refractivity contribution in [2.45, 2.75) is 30.3 Å². The minimum absolute atomic E-state index is 0.103. The van der Waals surface area contributed by atoms with Crippen LogP contribution in [0.4, 0.5) is 4.39 Å². The second kappa shape index (κ2) is 8.38. The average molecular weight is 479 g/mol. The number of benzene rings is 3. The quantitative estimate of drug-likeness (QED) is 0.409. The monoisotopic (exact) mass is 478 g/mol. The van der Waals surface area contributed by atoms with Crippen molar-refractivity contribution in [1.82, 2.24) is 9.29 Å². The van der Waals surface area contributed by atoms with Crippen LogP contribution in [-0.4, -0.2) is 30.8 Å². The summed E-state index contributed by atoms with van der Waals surface area (Å²) in [5.41, 5.74) is 3.53. The van der Waals surface area contributed by atoms with Crippen LogP contribution in [0.2, 0.25) is 0 Å². The zero-order chi connectivity index (χ0) is 24.0.